The van der Waals surface area contributed by atoms with Gasteiger partial charge in [-0.05, 0) is 69.4 Å². The second-order valence-electron chi connectivity index (χ2n) is 20.4. The van der Waals surface area contributed by atoms with E-state index in [2.05, 4.69) is 5.32 Å². The van der Waals surface area contributed by atoms with Gasteiger partial charge in [0.15, 0.2) is 23.6 Å². The summed E-state index contributed by atoms with van der Waals surface area (Å²) in [6.45, 7) is 8.43. The number of aliphatic hydroxyl groups excluding tert-OH is 2. The zero-order valence-corrected chi connectivity index (χ0v) is 37.4. The molecule has 0 aromatic heterocycles. The van der Waals surface area contributed by atoms with Crippen LogP contribution in [0.1, 0.15) is 151 Å². The predicted molar refractivity (Wildman–Crippen MR) is 220 cm³/mol. The summed E-state index contributed by atoms with van der Waals surface area (Å²) in [6.07, 6.45) is 2.45. The van der Waals surface area contributed by atoms with Gasteiger partial charge in [-0.15, -0.1) is 0 Å². The van der Waals surface area contributed by atoms with Crippen LogP contribution in [0.15, 0.2) is 11.1 Å². The van der Waals surface area contributed by atoms with Crippen molar-refractivity contribution in [2.75, 3.05) is 6.61 Å². The molecule has 1 saturated heterocycles. The Morgan fingerprint density at radius 2 is 1.39 bits per heavy atom. The second-order valence-corrected chi connectivity index (χ2v) is 20.4. The van der Waals surface area contributed by atoms with E-state index < -0.39 is 113 Å². The molecule has 2 bridgehead atoms. The molecule has 6 fully saturated rings. The standard InChI is InChI=1S/C47H69NO14/c1-25-31(60-43(56)36(52)35(28-16-10-7-11-17-28)48-41(54)29-18-12-8-13-19-29)23-47(57)40(61-42(55)30-20-14-9-15-21-30)38-45(6,32(51)22-33-46(38,24-58-33)62-27(3)50)39(53)37(59-26(2)49)34(25)44(47,4)5/h28-33,35-38,40,51-52,57H,7-24H2,1-6H3,(H,48,54)/t31-,32-,33?,35-,36+,37+,38-,40-,45+,46-,47+/m0/s1. The minimum atomic E-state index is -2.27. The zero-order chi connectivity index (χ0) is 44.9. The number of ketones is 1. The number of rotatable bonds is 10. The highest BCUT2D eigenvalue weighted by Crippen LogP contribution is 2.64. The lowest BCUT2D eigenvalue weighted by Crippen LogP contribution is -2.82. The van der Waals surface area contributed by atoms with Crippen molar-refractivity contribution in [3.8, 4) is 0 Å². The van der Waals surface area contributed by atoms with E-state index in [9.17, 15) is 39.3 Å². The van der Waals surface area contributed by atoms with Crippen LogP contribution in [0.25, 0.3) is 0 Å². The highest BCUT2D eigenvalue weighted by Gasteiger charge is 2.78. The van der Waals surface area contributed by atoms with E-state index in [1.165, 1.54) is 13.8 Å². The number of hydrogen-bond acceptors (Lipinski definition) is 14. The molecule has 15 nitrogen and oxygen atoms in total. The fourth-order valence-electron chi connectivity index (χ4n) is 12.8. The minimum Gasteiger partial charge on any atom is -0.459 e. The number of Topliss-reactive ketones (excluding diaryl/α,β-unsaturated/α-hetero) is 1. The van der Waals surface area contributed by atoms with Crippen molar-refractivity contribution in [2.45, 2.75) is 205 Å². The van der Waals surface area contributed by atoms with Crippen LogP contribution in [-0.4, -0.2) is 111 Å². The van der Waals surface area contributed by atoms with Crippen molar-refractivity contribution in [1.29, 1.82) is 0 Å². The van der Waals surface area contributed by atoms with E-state index in [0.29, 0.717) is 25.7 Å². The van der Waals surface area contributed by atoms with Crippen LogP contribution >= 0.6 is 0 Å². The van der Waals surface area contributed by atoms with Crippen molar-refractivity contribution in [1.82, 2.24) is 5.32 Å². The first-order valence-corrected chi connectivity index (χ1v) is 23.3. The van der Waals surface area contributed by atoms with Crippen LogP contribution in [0.2, 0.25) is 0 Å². The van der Waals surface area contributed by atoms with Gasteiger partial charge in [-0.3, -0.25) is 24.0 Å². The van der Waals surface area contributed by atoms with Gasteiger partial charge >= 0.3 is 23.9 Å². The molecule has 0 spiro atoms. The Bertz CT molecular complexity index is 1790. The number of fused-ring (bicyclic) bond motifs is 5. The molecule has 1 amide bonds. The van der Waals surface area contributed by atoms with Gasteiger partial charge in [0.2, 0.25) is 5.91 Å². The molecule has 6 aliphatic carbocycles. The molecule has 7 aliphatic rings. The van der Waals surface area contributed by atoms with E-state index in [0.717, 1.165) is 77.6 Å². The second kappa shape index (κ2) is 17.9. The fraction of sp³-hybridized carbons (Fsp3) is 0.830. The number of nitrogens with one attached hydrogen (secondary N) is 1. The number of amides is 1. The Hall–Kier alpha value is -3.40. The van der Waals surface area contributed by atoms with Crippen LogP contribution in [0.3, 0.4) is 0 Å². The number of ether oxygens (including phenoxy) is 5. The van der Waals surface area contributed by atoms with Gasteiger partial charge in [0.1, 0.15) is 23.9 Å². The number of hydrogen-bond donors (Lipinski definition) is 4. The summed E-state index contributed by atoms with van der Waals surface area (Å²) >= 11 is 0. The van der Waals surface area contributed by atoms with E-state index in [-0.39, 0.29) is 41.9 Å². The number of esters is 4. The van der Waals surface area contributed by atoms with Crippen LogP contribution in [0.4, 0.5) is 0 Å². The van der Waals surface area contributed by atoms with E-state index >= 15 is 4.79 Å². The number of aliphatic hydroxyl groups is 3. The van der Waals surface area contributed by atoms with Gasteiger partial charge in [0.05, 0.1) is 36.0 Å². The zero-order valence-electron chi connectivity index (χ0n) is 37.4. The molecule has 0 aromatic carbocycles. The van der Waals surface area contributed by atoms with Crippen molar-refractivity contribution in [2.24, 2.45) is 34.5 Å². The largest absolute Gasteiger partial charge is 0.459 e. The van der Waals surface area contributed by atoms with E-state index in [1.54, 1.807) is 20.8 Å². The van der Waals surface area contributed by atoms with Crippen LogP contribution < -0.4 is 5.32 Å². The Balaban J connectivity index is 1.34. The van der Waals surface area contributed by atoms with E-state index in [4.69, 9.17) is 23.7 Å². The molecule has 0 aromatic rings. The molecule has 0 radical (unpaired) electrons. The molecule has 1 heterocycles. The molecule has 1 unspecified atom stereocenters. The average Bonchev–Trinajstić information content (AvgIpc) is 3.24. The lowest BCUT2D eigenvalue weighted by Gasteiger charge is -2.67. The lowest BCUT2D eigenvalue weighted by molar-refractivity contribution is -0.347. The number of carbonyl (C=O) groups excluding carboxylic acids is 6. The number of carbonyl (C=O) groups is 6. The average molecular weight is 872 g/mol. The van der Waals surface area contributed by atoms with Crippen molar-refractivity contribution in [3.05, 3.63) is 11.1 Å². The first kappa shape index (κ1) is 46.6. The Morgan fingerprint density at radius 1 is 0.806 bits per heavy atom. The van der Waals surface area contributed by atoms with Gasteiger partial charge < -0.3 is 44.3 Å². The fourth-order valence-corrected chi connectivity index (χ4v) is 12.8. The molecule has 62 heavy (non-hydrogen) atoms. The van der Waals surface area contributed by atoms with Gasteiger partial charge in [-0.1, -0.05) is 71.6 Å². The normalized spacial score (nSPS) is 37.5. The van der Waals surface area contributed by atoms with Crippen LogP contribution in [0.5, 0.6) is 0 Å². The summed E-state index contributed by atoms with van der Waals surface area (Å²) < 4.78 is 30.8. The third-order valence-electron chi connectivity index (χ3n) is 16.4. The SMILES string of the molecule is CC(=O)O[C@H]1C(=O)[C@]2(C)[C@@H](O)CC3OC[C@@]3(OC(C)=O)[C@H]2[C@H](OC(=O)C2CCCCC2)[C@]2(O)C[C@H](OC(=O)[C@H](O)[C@@H](NC(=O)C3CCCCC3)C3CCCCC3)C(C)=C1C2(C)C. The van der Waals surface area contributed by atoms with Crippen molar-refractivity contribution < 1.29 is 67.8 Å². The maximum Gasteiger partial charge on any atom is 0.337 e. The highest BCUT2D eigenvalue weighted by atomic mass is 16.6. The van der Waals surface area contributed by atoms with Gasteiger partial charge in [0.25, 0.3) is 0 Å². The molecule has 346 valence electrons. The van der Waals surface area contributed by atoms with Crippen LogP contribution in [-0.2, 0) is 52.5 Å². The maximum atomic E-state index is 15.5. The summed E-state index contributed by atoms with van der Waals surface area (Å²) in [7, 11) is 0. The first-order valence-electron chi connectivity index (χ1n) is 23.3. The molecular weight excluding hydrogens is 803 g/mol. The molecule has 15 heteroatoms. The van der Waals surface area contributed by atoms with Gasteiger partial charge in [-0.25, -0.2) is 4.79 Å². The quantitative estimate of drug-likeness (QED) is 0.135. The summed E-state index contributed by atoms with van der Waals surface area (Å²) in [5.41, 5.74) is -7.13. The Morgan fingerprint density at radius 3 is 1.94 bits per heavy atom. The maximum absolute atomic E-state index is 15.5. The summed E-state index contributed by atoms with van der Waals surface area (Å²) in [5.74, 6) is -6.63. The minimum absolute atomic E-state index is 0.0901. The van der Waals surface area contributed by atoms with Gasteiger partial charge in [0, 0.05) is 38.0 Å². The molecule has 4 N–H and O–H groups in total. The smallest absolute Gasteiger partial charge is 0.337 e. The highest BCUT2D eigenvalue weighted by molar-refractivity contribution is 5.95. The molecule has 5 saturated carbocycles. The summed E-state index contributed by atoms with van der Waals surface area (Å²) in [5, 5.41) is 40.9. The third kappa shape index (κ3) is 8.03. The van der Waals surface area contributed by atoms with Crippen molar-refractivity contribution in [3.63, 3.8) is 0 Å². The monoisotopic (exact) mass is 871 g/mol. The topological polar surface area (TPSA) is 221 Å². The van der Waals surface area contributed by atoms with Crippen LogP contribution in [0, 0.1) is 34.5 Å². The van der Waals surface area contributed by atoms with Gasteiger partial charge in [-0.2, -0.15) is 0 Å². The molecular formula is C47H69NO14. The predicted octanol–water partition coefficient (Wildman–Crippen LogP) is 4.48. The molecule has 11 atom stereocenters. The molecule has 1 aliphatic heterocycles. The van der Waals surface area contributed by atoms with Crippen molar-refractivity contribution >= 4 is 35.6 Å². The summed E-state index contributed by atoms with van der Waals surface area (Å²) in [6, 6.07) is -0.943. The molecule has 7 rings (SSSR count). The Kier molecular flexibility index (Phi) is 13.4. The lowest BCUT2D eigenvalue weighted by atomic mass is 9.44. The van der Waals surface area contributed by atoms with E-state index in [1.807, 2.05) is 0 Å². The third-order valence-corrected chi connectivity index (χ3v) is 16.4. The Labute approximate surface area is 364 Å². The first-order chi connectivity index (χ1) is 29.3. The summed E-state index contributed by atoms with van der Waals surface area (Å²) in [4.78, 5) is 84.2.